The van der Waals surface area contributed by atoms with Gasteiger partial charge >= 0.3 is 22.0 Å². The third-order valence-electron chi connectivity index (χ3n) is 7.72. The molecule has 2 aliphatic heterocycles. The van der Waals surface area contributed by atoms with Gasteiger partial charge in [0.05, 0.1) is 52.7 Å². The highest BCUT2D eigenvalue weighted by atomic mass is 32.3. The van der Waals surface area contributed by atoms with Crippen molar-refractivity contribution in [1.82, 2.24) is 0 Å². The molecule has 2 rings (SSSR count). The number of nitrogens with two attached hydrogens (primary N) is 1. The lowest BCUT2D eigenvalue weighted by Gasteiger charge is -2.40. The number of likely N-dealkylation sites (N-methyl/N-ethyl adjacent to an activating group) is 1. The first kappa shape index (κ1) is 51.7. The molecule has 53 heavy (non-hydrogen) atoms. The molecule has 0 aromatic heterocycles. The number of alkyl halides is 12. The van der Waals surface area contributed by atoms with E-state index in [2.05, 4.69) is 19.2 Å². The van der Waals surface area contributed by atoms with Gasteiger partial charge in [-0.2, -0.15) is 52.7 Å². The van der Waals surface area contributed by atoms with Crippen LogP contribution in [0.25, 0.3) is 8.25 Å². The topological polar surface area (TPSA) is 209 Å². The Morgan fingerprint density at radius 2 is 1.02 bits per heavy atom. The molecule has 2 saturated heterocycles. The highest BCUT2D eigenvalue weighted by molar-refractivity contribution is 8.13. The predicted molar refractivity (Wildman–Crippen MR) is 158 cm³/mol. The van der Waals surface area contributed by atoms with Gasteiger partial charge in [-0.05, 0) is 19.8 Å². The highest BCUT2D eigenvalue weighted by Gasteiger charge is 2.48. The van der Waals surface area contributed by atoms with Crippen LogP contribution in [-0.2, 0) is 54.3 Å². The Kier molecular flexibility index (Phi) is 19.2. The maximum Gasteiger partial charge on any atom is 0.480 e. The normalized spacial score (nSPS) is 20.6. The van der Waals surface area contributed by atoms with Crippen molar-refractivity contribution in [3.05, 3.63) is 8.25 Å². The fraction of sp³-hybridized carbons (Fsp3) is 1.00. The number of halogens is 12. The van der Waals surface area contributed by atoms with Crippen LogP contribution in [0.15, 0.2) is 0 Å². The molecule has 31 heteroatoms. The fourth-order valence-electron chi connectivity index (χ4n) is 4.37. The average molecular weight is 891 g/mol. The average Bonchev–Trinajstić information content (AvgIpc) is 3.46. The van der Waals surface area contributed by atoms with E-state index >= 15 is 0 Å². The van der Waals surface area contributed by atoms with E-state index in [0.29, 0.717) is 5.41 Å². The Hall–Kier alpha value is -1.32. The summed E-state index contributed by atoms with van der Waals surface area (Å²) >= 11 is 0. The minimum atomic E-state index is -6.72. The third kappa shape index (κ3) is 16.7. The van der Waals surface area contributed by atoms with Crippen LogP contribution in [0.3, 0.4) is 0 Å². The van der Waals surface area contributed by atoms with E-state index in [4.69, 9.17) is 14.2 Å². The van der Waals surface area contributed by atoms with Gasteiger partial charge in [0.2, 0.25) is 0 Å². The summed E-state index contributed by atoms with van der Waals surface area (Å²) < 4.78 is 237. The van der Waals surface area contributed by atoms with Crippen molar-refractivity contribution in [2.75, 3.05) is 78.9 Å². The molecule has 0 bridgehead atoms. The Bertz CT molecular complexity index is 1390. The number of morpholine rings is 1. The molecule has 1 atom stereocenters. The maximum atomic E-state index is 11.4. The third-order valence-corrected chi connectivity index (χ3v) is 13.2. The number of quaternary nitrogens is 2. The number of ether oxygens (including phenoxy) is 3. The van der Waals surface area contributed by atoms with E-state index in [0.717, 1.165) is 72.0 Å². The fourth-order valence-corrected chi connectivity index (χ4v) is 7.79. The highest BCUT2D eigenvalue weighted by Crippen LogP contribution is 2.37. The van der Waals surface area contributed by atoms with E-state index in [1.54, 1.807) is 0 Å². The first-order valence-electron chi connectivity index (χ1n) is 14.8. The Morgan fingerprint density at radius 1 is 0.642 bits per heavy atom. The number of sulfonamides is 4. The monoisotopic (exact) mass is 890 g/mol. The van der Waals surface area contributed by atoms with Crippen LogP contribution in [-0.4, -0.2) is 139 Å². The first-order chi connectivity index (χ1) is 23.7. The number of hydrogen-bond acceptors (Lipinski definition) is 11. The molecule has 0 aromatic carbocycles. The predicted octanol–water partition coefficient (Wildman–Crippen LogP) is 2.76. The molecule has 15 nitrogen and oxygen atoms in total. The summed E-state index contributed by atoms with van der Waals surface area (Å²) in [5, 5.41) is 2.45. The lowest BCUT2D eigenvalue weighted by atomic mass is 9.81. The van der Waals surface area contributed by atoms with Crippen molar-refractivity contribution >= 4 is 40.1 Å². The second-order valence-electron chi connectivity index (χ2n) is 11.1. The Labute approximate surface area is 297 Å². The molecule has 0 aromatic rings. The molecule has 0 amide bonds. The number of rotatable bonds is 15. The van der Waals surface area contributed by atoms with Crippen molar-refractivity contribution in [3.8, 4) is 0 Å². The van der Waals surface area contributed by atoms with Crippen LogP contribution in [0.1, 0.15) is 33.1 Å². The van der Waals surface area contributed by atoms with Gasteiger partial charge in [-0.1, -0.05) is 6.92 Å². The van der Waals surface area contributed by atoms with E-state index in [1.807, 2.05) is 0 Å². The van der Waals surface area contributed by atoms with Gasteiger partial charge in [0, 0.05) is 18.4 Å². The summed E-state index contributed by atoms with van der Waals surface area (Å²) in [5.41, 5.74) is -24.3. The van der Waals surface area contributed by atoms with Crippen molar-refractivity contribution in [1.29, 1.82) is 0 Å². The number of hydrogen-bond donors (Lipinski definition) is 1. The van der Waals surface area contributed by atoms with Crippen LogP contribution in [0.4, 0.5) is 52.7 Å². The zero-order chi connectivity index (χ0) is 41.8. The van der Waals surface area contributed by atoms with E-state index in [-0.39, 0.29) is 0 Å². The summed E-state index contributed by atoms with van der Waals surface area (Å²) in [5.74, 6) is 0. The van der Waals surface area contributed by atoms with Gasteiger partial charge in [0.15, 0.2) is 40.1 Å². The van der Waals surface area contributed by atoms with E-state index < -0.39 is 62.1 Å². The molecular formula is C22H38F12N4O11S4. The summed E-state index contributed by atoms with van der Waals surface area (Å²) in [6.45, 7) is 16.7. The SMILES string of the molecule is CCC1(CCOCCOCC[N+]2(CC)CCOCC2)CC[NH2+]C1.O=S(=O)([N-]S(=O)(=O)C(F)(F)F)C(F)(F)F.O=S(=O)([N-]S(=O)(=O)C(F)(F)F)C(F)(F)F. The van der Waals surface area contributed by atoms with Crippen molar-refractivity contribution < 1.29 is 110 Å². The van der Waals surface area contributed by atoms with Crippen molar-refractivity contribution in [2.24, 2.45) is 5.41 Å². The van der Waals surface area contributed by atoms with E-state index in [9.17, 15) is 86.4 Å². The molecule has 0 radical (unpaired) electrons. The molecule has 0 saturated carbocycles. The minimum Gasteiger partial charge on any atom is -0.421 e. The lowest BCUT2D eigenvalue weighted by molar-refractivity contribution is -0.933. The van der Waals surface area contributed by atoms with Gasteiger partial charge in [-0.3, -0.25) is 0 Å². The van der Waals surface area contributed by atoms with Crippen LogP contribution in [0.2, 0.25) is 0 Å². The van der Waals surface area contributed by atoms with Crippen molar-refractivity contribution in [3.63, 3.8) is 0 Å². The summed E-state index contributed by atoms with van der Waals surface area (Å²) in [6, 6.07) is 0. The van der Waals surface area contributed by atoms with Gasteiger partial charge in [-0.15, -0.1) is 0 Å². The second-order valence-corrected chi connectivity index (χ2v) is 18.0. The van der Waals surface area contributed by atoms with Crippen LogP contribution in [0.5, 0.6) is 0 Å². The zero-order valence-corrected chi connectivity index (χ0v) is 31.0. The molecule has 0 aliphatic carbocycles. The molecule has 2 N–H and O–H groups in total. The molecule has 1 unspecified atom stereocenters. The van der Waals surface area contributed by atoms with Crippen molar-refractivity contribution in [2.45, 2.75) is 55.1 Å². The number of nitrogens with zero attached hydrogens (tertiary/aromatic N) is 3. The van der Waals surface area contributed by atoms with Crippen LogP contribution >= 0.6 is 0 Å². The largest absolute Gasteiger partial charge is 0.480 e. The van der Waals surface area contributed by atoms with Gasteiger partial charge in [-0.25, -0.2) is 33.7 Å². The molecule has 320 valence electrons. The van der Waals surface area contributed by atoms with Crippen LogP contribution < -0.4 is 5.32 Å². The lowest BCUT2D eigenvalue weighted by Crippen LogP contribution is -2.82. The smallest absolute Gasteiger partial charge is 0.421 e. The van der Waals surface area contributed by atoms with Gasteiger partial charge in [0.25, 0.3) is 0 Å². The second kappa shape index (κ2) is 19.7. The Balaban J connectivity index is 0.000000799. The standard InChI is InChI=1S/C18H37N2O3.2C2F6NO4S2/c1-3-18(5-7-19-17-18)6-11-21-15-16-23-14-10-20(4-2)8-12-22-13-9-20;2*3-1(4,5)14(10,11)9-15(12,13)2(6,7)8/h19H,3-17H2,1-2H3;;/q+1;2*-1/p+1. The quantitative estimate of drug-likeness (QED) is 0.144. The van der Waals surface area contributed by atoms with Gasteiger partial charge < -0.3 is 32.3 Å². The summed E-state index contributed by atoms with van der Waals surface area (Å²) in [4.78, 5) is 0. The summed E-state index contributed by atoms with van der Waals surface area (Å²) in [6.07, 6.45) is 3.84. The summed E-state index contributed by atoms with van der Waals surface area (Å²) in [7, 11) is -26.9. The van der Waals surface area contributed by atoms with Crippen LogP contribution in [0, 0.1) is 5.41 Å². The maximum absolute atomic E-state index is 11.4. The van der Waals surface area contributed by atoms with E-state index in [1.165, 1.54) is 38.9 Å². The molecular weight excluding hydrogens is 853 g/mol. The van der Waals surface area contributed by atoms with Gasteiger partial charge in [0.1, 0.15) is 19.6 Å². The molecule has 0 spiro atoms. The zero-order valence-electron chi connectivity index (χ0n) is 27.7. The minimum absolute atomic E-state index is 0.537. The molecule has 2 aliphatic rings. The Morgan fingerprint density at radius 3 is 1.32 bits per heavy atom. The molecule has 2 heterocycles. The first-order valence-corrected chi connectivity index (χ1v) is 20.6. The molecule has 2 fully saturated rings.